The van der Waals surface area contributed by atoms with E-state index in [9.17, 15) is 8.42 Å². The van der Waals surface area contributed by atoms with E-state index in [1.54, 1.807) is 22.9 Å². The molecule has 1 aromatic heterocycles. The normalized spacial score (nSPS) is 11.4. The first-order chi connectivity index (χ1) is 8.53. The van der Waals surface area contributed by atoms with E-state index in [0.29, 0.717) is 16.3 Å². The zero-order valence-electron chi connectivity index (χ0n) is 9.26. The highest BCUT2D eigenvalue weighted by Crippen LogP contribution is 2.23. The van der Waals surface area contributed by atoms with Gasteiger partial charge in [0, 0.05) is 16.9 Å². The highest BCUT2D eigenvalue weighted by atomic mass is 35.5. The second kappa shape index (κ2) is 5.27. The van der Waals surface area contributed by atoms with Gasteiger partial charge in [-0.05, 0) is 29.1 Å². The molecule has 0 spiro atoms. The smallest absolute Gasteiger partial charge is 0.261 e. The highest BCUT2D eigenvalue weighted by Gasteiger charge is 2.15. The van der Waals surface area contributed by atoms with Gasteiger partial charge in [0.25, 0.3) is 10.0 Å². The predicted molar refractivity (Wildman–Crippen MR) is 74.5 cm³/mol. The van der Waals surface area contributed by atoms with Gasteiger partial charge in [-0.2, -0.15) is 11.3 Å². The minimum absolute atomic E-state index is 0.121. The van der Waals surface area contributed by atoms with Gasteiger partial charge in [-0.3, -0.25) is 4.72 Å². The molecule has 0 bridgehead atoms. The SMILES string of the molecule is NCc1ccc(S(=O)(=O)Nc2ccsc2)cc1Cl. The molecule has 7 heteroatoms. The number of thiophene rings is 1. The predicted octanol–water partition coefficient (Wildman–Crippen LogP) is 2.66. The van der Waals surface area contributed by atoms with Crippen LogP contribution in [0.15, 0.2) is 39.9 Å². The lowest BCUT2D eigenvalue weighted by atomic mass is 10.2. The van der Waals surface area contributed by atoms with E-state index in [-0.39, 0.29) is 11.4 Å². The van der Waals surface area contributed by atoms with Crippen molar-refractivity contribution >= 4 is 38.6 Å². The van der Waals surface area contributed by atoms with Crippen LogP contribution < -0.4 is 10.5 Å². The second-order valence-electron chi connectivity index (χ2n) is 3.57. The number of anilines is 1. The first kappa shape index (κ1) is 13.4. The molecular formula is C11H11ClN2O2S2. The molecule has 0 aliphatic heterocycles. The van der Waals surface area contributed by atoms with Gasteiger partial charge in [-0.1, -0.05) is 17.7 Å². The summed E-state index contributed by atoms with van der Waals surface area (Å²) >= 11 is 7.36. The van der Waals surface area contributed by atoms with Gasteiger partial charge < -0.3 is 5.73 Å². The van der Waals surface area contributed by atoms with Crippen molar-refractivity contribution < 1.29 is 8.42 Å². The number of halogens is 1. The highest BCUT2D eigenvalue weighted by molar-refractivity contribution is 7.92. The molecule has 1 aromatic carbocycles. The van der Waals surface area contributed by atoms with E-state index < -0.39 is 10.0 Å². The molecule has 4 nitrogen and oxygen atoms in total. The summed E-state index contributed by atoms with van der Waals surface area (Å²) in [6.45, 7) is 0.275. The van der Waals surface area contributed by atoms with E-state index in [1.807, 2.05) is 0 Å². The average Bonchev–Trinajstić information content (AvgIpc) is 2.81. The van der Waals surface area contributed by atoms with Crippen LogP contribution >= 0.6 is 22.9 Å². The molecule has 0 radical (unpaired) electrons. The second-order valence-corrected chi connectivity index (χ2v) is 6.44. The van der Waals surface area contributed by atoms with Crippen LogP contribution in [0, 0.1) is 0 Å². The molecule has 0 amide bonds. The van der Waals surface area contributed by atoms with Gasteiger partial charge >= 0.3 is 0 Å². The maximum atomic E-state index is 12.1. The van der Waals surface area contributed by atoms with Gasteiger partial charge in [-0.15, -0.1) is 0 Å². The summed E-state index contributed by atoms with van der Waals surface area (Å²) in [4.78, 5) is 0.121. The van der Waals surface area contributed by atoms with Crippen molar-refractivity contribution in [1.29, 1.82) is 0 Å². The molecule has 96 valence electrons. The summed E-state index contributed by atoms with van der Waals surface area (Å²) in [5.74, 6) is 0. The van der Waals surface area contributed by atoms with E-state index in [4.69, 9.17) is 17.3 Å². The fraction of sp³-hybridized carbons (Fsp3) is 0.0909. The van der Waals surface area contributed by atoms with E-state index in [1.165, 1.54) is 23.5 Å². The maximum Gasteiger partial charge on any atom is 0.261 e. The third kappa shape index (κ3) is 2.84. The van der Waals surface area contributed by atoms with Crippen LogP contribution in [0.4, 0.5) is 5.69 Å². The number of benzene rings is 1. The Morgan fingerprint density at radius 3 is 2.67 bits per heavy atom. The van der Waals surface area contributed by atoms with Gasteiger partial charge in [0.1, 0.15) is 0 Å². The third-order valence-electron chi connectivity index (χ3n) is 2.33. The number of sulfonamides is 1. The molecule has 0 aliphatic rings. The van der Waals surface area contributed by atoms with Crippen LogP contribution in [-0.2, 0) is 16.6 Å². The molecule has 2 rings (SSSR count). The van der Waals surface area contributed by atoms with Crippen LogP contribution in [0.1, 0.15) is 5.56 Å². The molecule has 0 fully saturated rings. The van der Waals surface area contributed by atoms with Crippen LogP contribution in [0.3, 0.4) is 0 Å². The quantitative estimate of drug-likeness (QED) is 0.912. The number of nitrogens with one attached hydrogen (secondary N) is 1. The van der Waals surface area contributed by atoms with Crippen LogP contribution in [-0.4, -0.2) is 8.42 Å². The van der Waals surface area contributed by atoms with Gasteiger partial charge in [0.05, 0.1) is 10.6 Å². The first-order valence-electron chi connectivity index (χ1n) is 5.06. The zero-order valence-corrected chi connectivity index (χ0v) is 11.6. The van der Waals surface area contributed by atoms with Gasteiger partial charge in [0.2, 0.25) is 0 Å². The topological polar surface area (TPSA) is 72.2 Å². The minimum atomic E-state index is -3.60. The molecule has 0 aliphatic carbocycles. The molecule has 0 unspecified atom stereocenters. The maximum absolute atomic E-state index is 12.1. The number of hydrogen-bond acceptors (Lipinski definition) is 4. The van der Waals surface area contributed by atoms with Crippen molar-refractivity contribution in [2.24, 2.45) is 5.73 Å². The Hall–Kier alpha value is -1.08. The largest absolute Gasteiger partial charge is 0.326 e. The van der Waals surface area contributed by atoms with Crippen LogP contribution in [0.25, 0.3) is 0 Å². The Morgan fingerprint density at radius 2 is 2.11 bits per heavy atom. The van der Waals surface area contributed by atoms with E-state index >= 15 is 0 Å². The Bertz CT molecular complexity index is 639. The first-order valence-corrected chi connectivity index (χ1v) is 7.87. The lowest BCUT2D eigenvalue weighted by Crippen LogP contribution is -2.12. The summed E-state index contributed by atoms with van der Waals surface area (Å²) in [6, 6.07) is 6.20. The minimum Gasteiger partial charge on any atom is -0.326 e. The summed E-state index contributed by atoms with van der Waals surface area (Å²) < 4.78 is 26.6. The lowest BCUT2D eigenvalue weighted by molar-refractivity contribution is 0.601. The van der Waals surface area contributed by atoms with Crippen molar-refractivity contribution in [2.45, 2.75) is 11.4 Å². The lowest BCUT2D eigenvalue weighted by Gasteiger charge is -2.08. The van der Waals surface area contributed by atoms with Gasteiger partial charge in [0.15, 0.2) is 0 Å². The van der Waals surface area contributed by atoms with E-state index in [0.717, 1.165) is 0 Å². The van der Waals surface area contributed by atoms with Crippen molar-refractivity contribution in [3.05, 3.63) is 45.6 Å². The summed E-state index contributed by atoms with van der Waals surface area (Å²) in [6.07, 6.45) is 0. The van der Waals surface area contributed by atoms with Crippen LogP contribution in [0.2, 0.25) is 5.02 Å². The standard InChI is InChI=1S/C11H11ClN2O2S2/c12-11-5-10(2-1-8(11)6-13)18(15,16)14-9-3-4-17-7-9/h1-5,7,14H,6,13H2. The zero-order chi connectivity index (χ0) is 13.2. The monoisotopic (exact) mass is 302 g/mol. The molecule has 1 heterocycles. The average molecular weight is 303 g/mol. The summed E-state index contributed by atoms with van der Waals surface area (Å²) in [5.41, 5.74) is 6.73. The Morgan fingerprint density at radius 1 is 1.33 bits per heavy atom. The Balaban J connectivity index is 2.33. The number of hydrogen-bond donors (Lipinski definition) is 2. The molecule has 3 N–H and O–H groups in total. The molecule has 18 heavy (non-hydrogen) atoms. The van der Waals surface area contributed by atoms with E-state index in [2.05, 4.69) is 4.72 Å². The molecule has 2 aromatic rings. The van der Waals surface area contributed by atoms with Crippen molar-refractivity contribution in [2.75, 3.05) is 4.72 Å². The number of nitrogens with two attached hydrogens (primary N) is 1. The summed E-state index contributed by atoms with van der Waals surface area (Å²) in [5, 5.41) is 3.86. The molecule has 0 atom stereocenters. The third-order valence-corrected chi connectivity index (χ3v) is 4.74. The van der Waals surface area contributed by atoms with Crippen molar-refractivity contribution in [1.82, 2.24) is 0 Å². The Labute approximate surface area is 114 Å². The van der Waals surface area contributed by atoms with Crippen molar-refractivity contribution in [3.63, 3.8) is 0 Å². The van der Waals surface area contributed by atoms with Crippen LogP contribution in [0.5, 0.6) is 0 Å². The fourth-order valence-corrected chi connectivity index (χ4v) is 3.46. The molecular weight excluding hydrogens is 292 g/mol. The summed E-state index contributed by atoms with van der Waals surface area (Å²) in [7, 11) is -3.60. The van der Waals surface area contributed by atoms with Crippen molar-refractivity contribution in [3.8, 4) is 0 Å². The fourth-order valence-electron chi connectivity index (χ4n) is 1.40. The van der Waals surface area contributed by atoms with Gasteiger partial charge in [-0.25, -0.2) is 8.42 Å². The number of rotatable bonds is 4. The Kier molecular flexibility index (Phi) is 3.91. The molecule has 0 saturated carbocycles. The molecule has 0 saturated heterocycles.